The van der Waals surface area contributed by atoms with E-state index in [1.807, 2.05) is 0 Å². The number of fused-ring (bicyclic) bond motifs is 1. The molecule has 0 spiro atoms. The van der Waals surface area contributed by atoms with Gasteiger partial charge in [0.1, 0.15) is 0 Å². The molecule has 4 atom stereocenters. The van der Waals surface area contributed by atoms with Crippen molar-refractivity contribution >= 4 is 0 Å². The number of hydrogen-bond donors (Lipinski definition) is 1. The van der Waals surface area contributed by atoms with Gasteiger partial charge in [0.05, 0.1) is 12.2 Å². The summed E-state index contributed by atoms with van der Waals surface area (Å²) in [6.07, 6.45) is 3.69. The zero-order valence-corrected chi connectivity index (χ0v) is 6.26. The fraction of sp³-hybridized carbons (Fsp3) is 1.00. The molecule has 2 aliphatic heterocycles. The smallest absolute Gasteiger partial charge is 0.0710 e. The maximum absolute atomic E-state index is 5.79. The number of hydrogen-bond acceptors (Lipinski definition) is 2. The molecule has 0 radical (unpaired) electrons. The lowest BCUT2D eigenvalue weighted by Gasteiger charge is -2.49. The van der Waals surface area contributed by atoms with Crippen molar-refractivity contribution in [1.29, 1.82) is 0 Å². The molecule has 2 nitrogen and oxygen atoms in total. The molecular formula is C8H13NO. The molecule has 2 saturated heterocycles. The van der Waals surface area contributed by atoms with E-state index in [9.17, 15) is 0 Å². The predicted molar refractivity (Wildman–Crippen MR) is 37.8 cm³/mol. The van der Waals surface area contributed by atoms with Crippen molar-refractivity contribution in [2.45, 2.75) is 38.0 Å². The maximum Gasteiger partial charge on any atom is 0.0710 e. The van der Waals surface area contributed by atoms with Gasteiger partial charge in [-0.25, -0.2) is 0 Å². The van der Waals surface area contributed by atoms with Crippen molar-refractivity contribution in [1.82, 2.24) is 5.32 Å². The molecule has 2 bridgehead atoms. The summed E-state index contributed by atoms with van der Waals surface area (Å²) in [7, 11) is 0. The van der Waals surface area contributed by atoms with Crippen LogP contribution in [-0.4, -0.2) is 24.8 Å². The van der Waals surface area contributed by atoms with Gasteiger partial charge in [0.25, 0.3) is 0 Å². The van der Waals surface area contributed by atoms with E-state index in [4.69, 9.17) is 4.74 Å². The molecule has 2 heteroatoms. The Balaban J connectivity index is 2.00. The van der Waals surface area contributed by atoms with E-state index in [2.05, 4.69) is 12.2 Å². The summed E-state index contributed by atoms with van der Waals surface area (Å²) < 4.78 is 5.79. The van der Waals surface area contributed by atoms with E-state index >= 15 is 0 Å². The van der Waals surface area contributed by atoms with Crippen LogP contribution in [-0.2, 0) is 4.74 Å². The van der Waals surface area contributed by atoms with E-state index in [0.717, 1.165) is 12.6 Å². The summed E-state index contributed by atoms with van der Waals surface area (Å²) in [6.45, 7) is 3.45. The highest BCUT2D eigenvalue weighted by Gasteiger charge is 2.60. The van der Waals surface area contributed by atoms with Gasteiger partial charge >= 0.3 is 0 Å². The molecule has 0 amide bonds. The first-order valence-electron chi connectivity index (χ1n) is 4.18. The van der Waals surface area contributed by atoms with Crippen LogP contribution in [0, 0.1) is 5.41 Å². The highest BCUT2D eigenvalue weighted by molar-refractivity contribution is 5.13. The molecule has 3 rings (SSSR count). The van der Waals surface area contributed by atoms with Crippen LogP contribution in [0.1, 0.15) is 19.8 Å². The molecule has 0 aromatic rings. The summed E-state index contributed by atoms with van der Waals surface area (Å²) in [5, 5.41) is 3.53. The molecule has 3 aliphatic rings. The van der Waals surface area contributed by atoms with Gasteiger partial charge in [0.2, 0.25) is 0 Å². The molecule has 1 saturated carbocycles. The summed E-state index contributed by atoms with van der Waals surface area (Å²) >= 11 is 0. The predicted octanol–water partition coefficient (Wildman–Crippen LogP) is 0.526. The molecule has 10 heavy (non-hydrogen) atoms. The lowest BCUT2D eigenvalue weighted by atomic mass is 9.61. The van der Waals surface area contributed by atoms with E-state index in [0.29, 0.717) is 17.6 Å². The molecule has 1 N–H and O–H groups in total. The van der Waals surface area contributed by atoms with Crippen LogP contribution < -0.4 is 5.32 Å². The third-order valence-electron chi connectivity index (χ3n) is 3.60. The van der Waals surface area contributed by atoms with Crippen molar-refractivity contribution in [3.8, 4) is 0 Å². The minimum Gasteiger partial charge on any atom is -0.373 e. The topological polar surface area (TPSA) is 21.3 Å². The number of rotatable bonds is 0. The Bertz CT molecular complexity index is 173. The van der Waals surface area contributed by atoms with E-state index in [-0.39, 0.29) is 0 Å². The first-order chi connectivity index (χ1) is 4.79. The zero-order chi connectivity index (χ0) is 6.77. The highest BCUT2D eigenvalue weighted by Crippen LogP contribution is 2.54. The van der Waals surface area contributed by atoms with Gasteiger partial charge in [-0.15, -0.1) is 0 Å². The Morgan fingerprint density at radius 2 is 2.50 bits per heavy atom. The van der Waals surface area contributed by atoms with Gasteiger partial charge in [0, 0.05) is 18.0 Å². The molecule has 4 unspecified atom stereocenters. The molecule has 0 aromatic heterocycles. The average Bonchev–Trinajstić information content (AvgIpc) is 2.10. The SMILES string of the molecule is CC12CC3CNC1CC2O3. The van der Waals surface area contributed by atoms with Crippen molar-refractivity contribution in [3.63, 3.8) is 0 Å². The second-order valence-corrected chi connectivity index (χ2v) is 4.15. The average molecular weight is 139 g/mol. The zero-order valence-electron chi connectivity index (χ0n) is 6.26. The third kappa shape index (κ3) is 0.424. The normalized spacial score (nSPS) is 63.9. The number of nitrogens with one attached hydrogen (secondary N) is 1. The van der Waals surface area contributed by atoms with Crippen LogP contribution in [0.5, 0.6) is 0 Å². The Morgan fingerprint density at radius 1 is 1.60 bits per heavy atom. The number of piperidine rings is 1. The molecule has 0 aromatic carbocycles. The van der Waals surface area contributed by atoms with Crippen LogP contribution in [0.25, 0.3) is 0 Å². The first kappa shape index (κ1) is 5.56. The minimum absolute atomic E-state index is 0.517. The van der Waals surface area contributed by atoms with Gasteiger partial charge in [-0.2, -0.15) is 0 Å². The van der Waals surface area contributed by atoms with E-state index in [1.54, 1.807) is 0 Å². The summed E-state index contributed by atoms with van der Waals surface area (Å²) in [5.41, 5.74) is 0.517. The van der Waals surface area contributed by atoms with E-state index < -0.39 is 0 Å². The second kappa shape index (κ2) is 1.41. The van der Waals surface area contributed by atoms with Gasteiger partial charge in [-0.3, -0.25) is 0 Å². The lowest BCUT2D eigenvalue weighted by molar-refractivity contribution is -0.0405. The summed E-state index contributed by atoms with van der Waals surface area (Å²) in [6, 6.07) is 0.774. The fourth-order valence-electron chi connectivity index (χ4n) is 2.78. The largest absolute Gasteiger partial charge is 0.373 e. The van der Waals surface area contributed by atoms with Crippen LogP contribution in [0.3, 0.4) is 0 Å². The van der Waals surface area contributed by atoms with Crippen molar-refractivity contribution in [2.75, 3.05) is 6.54 Å². The van der Waals surface area contributed by atoms with Gasteiger partial charge in [-0.1, -0.05) is 6.92 Å². The van der Waals surface area contributed by atoms with Gasteiger partial charge in [-0.05, 0) is 12.8 Å². The molecule has 2 heterocycles. The highest BCUT2D eigenvalue weighted by atomic mass is 16.5. The van der Waals surface area contributed by atoms with Crippen molar-refractivity contribution < 1.29 is 4.74 Å². The molecule has 56 valence electrons. The maximum atomic E-state index is 5.79. The molecule has 3 fully saturated rings. The van der Waals surface area contributed by atoms with Gasteiger partial charge in [0.15, 0.2) is 0 Å². The van der Waals surface area contributed by atoms with E-state index in [1.165, 1.54) is 12.8 Å². The van der Waals surface area contributed by atoms with Crippen LogP contribution in [0.2, 0.25) is 0 Å². The van der Waals surface area contributed by atoms with Crippen molar-refractivity contribution in [3.05, 3.63) is 0 Å². The standard InChI is InChI=1S/C8H13NO/c1-8-3-5-4-9-6(8)2-7(8)10-5/h5-7,9H,2-4H2,1H3. The van der Waals surface area contributed by atoms with Crippen LogP contribution in [0.15, 0.2) is 0 Å². The Labute approximate surface area is 60.9 Å². The fourth-order valence-corrected chi connectivity index (χ4v) is 2.78. The number of ether oxygens (including phenoxy) is 1. The third-order valence-corrected chi connectivity index (χ3v) is 3.60. The Kier molecular flexibility index (Phi) is 0.783. The quantitative estimate of drug-likeness (QED) is 0.528. The molecule has 1 aliphatic carbocycles. The summed E-state index contributed by atoms with van der Waals surface area (Å²) in [4.78, 5) is 0. The summed E-state index contributed by atoms with van der Waals surface area (Å²) in [5.74, 6) is 0. The van der Waals surface area contributed by atoms with Crippen LogP contribution in [0.4, 0.5) is 0 Å². The first-order valence-corrected chi connectivity index (χ1v) is 4.18. The van der Waals surface area contributed by atoms with Crippen LogP contribution >= 0.6 is 0 Å². The van der Waals surface area contributed by atoms with Crippen molar-refractivity contribution in [2.24, 2.45) is 5.41 Å². The second-order valence-electron chi connectivity index (χ2n) is 4.15. The minimum atomic E-state index is 0.517. The lowest BCUT2D eigenvalue weighted by Crippen LogP contribution is -2.60. The Hall–Kier alpha value is -0.0800. The molecular weight excluding hydrogens is 126 g/mol. The van der Waals surface area contributed by atoms with Gasteiger partial charge < -0.3 is 10.1 Å². The monoisotopic (exact) mass is 139 g/mol. The Morgan fingerprint density at radius 3 is 3.30 bits per heavy atom.